The molecule has 8 heteroatoms. The second kappa shape index (κ2) is 9.68. The number of nitrogens with zero attached hydrogens (tertiary/aromatic N) is 3. The van der Waals surface area contributed by atoms with Crippen molar-refractivity contribution >= 4 is 12.0 Å². The Labute approximate surface area is 163 Å². The zero-order valence-electron chi connectivity index (χ0n) is 15.8. The lowest BCUT2D eigenvalue weighted by atomic mass is 10.1. The van der Waals surface area contributed by atoms with Crippen LogP contribution in [0.15, 0.2) is 42.6 Å². The van der Waals surface area contributed by atoms with Gasteiger partial charge in [0.2, 0.25) is 11.8 Å². The summed E-state index contributed by atoms with van der Waals surface area (Å²) in [5.74, 6) is 0.984. The predicted molar refractivity (Wildman–Crippen MR) is 102 cm³/mol. The molecule has 3 rings (SSSR count). The van der Waals surface area contributed by atoms with Crippen molar-refractivity contribution in [3.8, 4) is 5.88 Å². The number of rotatable bonds is 6. The van der Waals surface area contributed by atoms with Crippen LogP contribution in [-0.4, -0.2) is 52.6 Å². The molecule has 2 heterocycles. The van der Waals surface area contributed by atoms with Gasteiger partial charge in [-0.3, -0.25) is 4.79 Å². The molecule has 2 amide bonds. The van der Waals surface area contributed by atoms with Crippen molar-refractivity contribution < 1.29 is 19.1 Å². The predicted octanol–water partition coefficient (Wildman–Crippen LogP) is 2.08. The molecule has 0 bridgehead atoms. The fourth-order valence-electron chi connectivity index (χ4n) is 2.97. The van der Waals surface area contributed by atoms with Gasteiger partial charge in [-0.05, 0) is 25.3 Å². The number of hydrogen-bond acceptors (Lipinski definition) is 6. The molecule has 2 aromatic rings. The topological polar surface area (TPSA) is 93.7 Å². The van der Waals surface area contributed by atoms with Crippen molar-refractivity contribution in [1.82, 2.24) is 20.2 Å². The molecule has 0 spiro atoms. The second-order valence-electron chi connectivity index (χ2n) is 6.58. The van der Waals surface area contributed by atoms with E-state index >= 15 is 0 Å². The van der Waals surface area contributed by atoms with Crippen LogP contribution in [-0.2, 0) is 16.1 Å². The molecule has 8 nitrogen and oxygen atoms in total. The summed E-state index contributed by atoms with van der Waals surface area (Å²) in [5.41, 5.74) is 0.889. The summed E-state index contributed by atoms with van der Waals surface area (Å²) in [6.45, 7) is 2.96. The summed E-state index contributed by atoms with van der Waals surface area (Å²) in [5, 5.41) is 2.51. The van der Waals surface area contributed by atoms with Gasteiger partial charge in [-0.2, -0.15) is 4.98 Å². The molecule has 0 radical (unpaired) electrons. The molecule has 0 saturated carbocycles. The van der Waals surface area contributed by atoms with Gasteiger partial charge in [0.15, 0.2) is 0 Å². The van der Waals surface area contributed by atoms with E-state index in [1.807, 2.05) is 30.3 Å². The minimum absolute atomic E-state index is 0.104. The van der Waals surface area contributed by atoms with Gasteiger partial charge < -0.3 is 19.7 Å². The van der Waals surface area contributed by atoms with E-state index in [0.717, 1.165) is 18.4 Å². The van der Waals surface area contributed by atoms with Gasteiger partial charge >= 0.3 is 6.09 Å². The highest BCUT2D eigenvalue weighted by Gasteiger charge is 2.25. The third-order valence-electron chi connectivity index (χ3n) is 4.37. The molecule has 1 fully saturated rings. The Morgan fingerprint density at radius 2 is 2.07 bits per heavy atom. The molecule has 0 aliphatic carbocycles. The number of likely N-dealkylation sites (tertiary alicyclic amines) is 1. The number of aryl methyl sites for hydroxylation is 1. The third kappa shape index (κ3) is 5.94. The van der Waals surface area contributed by atoms with Gasteiger partial charge in [0, 0.05) is 18.8 Å². The molecule has 1 unspecified atom stereocenters. The zero-order valence-corrected chi connectivity index (χ0v) is 15.8. The van der Waals surface area contributed by atoms with Gasteiger partial charge in [-0.25, -0.2) is 9.78 Å². The third-order valence-corrected chi connectivity index (χ3v) is 4.37. The van der Waals surface area contributed by atoms with E-state index in [1.165, 1.54) is 0 Å². The van der Waals surface area contributed by atoms with E-state index in [9.17, 15) is 9.59 Å². The Hall–Kier alpha value is -3.16. The maximum Gasteiger partial charge on any atom is 0.407 e. The van der Waals surface area contributed by atoms with Gasteiger partial charge in [0.05, 0.1) is 6.54 Å². The van der Waals surface area contributed by atoms with Crippen LogP contribution in [0.5, 0.6) is 5.88 Å². The van der Waals surface area contributed by atoms with Crippen LogP contribution < -0.4 is 10.1 Å². The van der Waals surface area contributed by atoms with E-state index in [0.29, 0.717) is 24.8 Å². The first-order valence-corrected chi connectivity index (χ1v) is 9.29. The SMILES string of the molecule is Cc1nccc(OC2CCCN(C(=O)CNC(=O)OCc3ccccc3)C2)n1. The van der Waals surface area contributed by atoms with E-state index in [2.05, 4.69) is 15.3 Å². The number of amides is 2. The monoisotopic (exact) mass is 384 g/mol. The first kappa shape index (κ1) is 19.6. The second-order valence-corrected chi connectivity index (χ2v) is 6.58. The van der Waals surface area contributed by atoms with Crippen LogP contribution in [0.1, 0.15) is 24.2 Å². The Kier molecular flexibility index (Phi) is 6.78. The average Bonchev–Trinajstić information content (AvgIpc) is 2.71. The maximum atomic E-state index is 12.4. The smallest absolute Gasteiger partial charge is 0.407 e. The van der Waals surface area contributed by atoms with E-state index in [4.69, 9.17) is 9.47 Å². The fourth-order valence-corrected chi connectivity index (χ4v) is 2.97. The molecule has 1 aromatic carbocycles. The lowest BCUT2D eigenvalue weighted by Gasteiger charge is -2.32. The lowest BCUT2D eigenvalue weighted by Crippen LogP contribution is -2.48. The molecular weight excluding hydrogens is 360 g/mol. The molecule has 1 N–H and O–H groups in total. The van der Waals surface area contributed by atoms with Crippen molar-refractivity contribution in [2.24, 2.45) is 0 Å². The van der Waals surface area contributed by atoms with Crippen LogP contribution in [0.25, 0.3) is 0 Å². The Balaban J connectivity index is 1.41. The highest BCUT2D eigenvalue weighted by Crippen LogP contribution is 2.16. The molecular formula is C20H24N4O4. The Bertz CT molecular complexity index is 800. The van der Waals surface area contributed by atoms with E-state index in [-0.39, 0.29) is 25.2 Å². The summed E-state index contributed by atoms with van der Waals surface area (Å²) < 4.78 is 11.0. The molecule has 1 atom stereocenters. The van der Waals surface area contributed by atoms with Crippen LogP contribution in [0.2, 0.25) is 0 Å². The zero-order chi connectivity index (χ0) is 19.8. The van der Waals surface area contributed by atoms with Crippen molar-refractivity contribution in [1.29, 1.82) is 0 Å². The number of hydrogen-bond donors (Lipinski definition) is 1. The van der Waals surface area contributed by atoms with Crippen molar-refractivity contribution in [2.75, 3.05) is 19.6 Å². The van der Waals surface area contributed by atoms with E-state index in [1.54, 1.807) is 24.1 Å². The number of nitrogens with one attached hydrogen (secondary N) is 1. The number of piperidine rings is 1. The summed E-state index contributed by atoms with van der Waals surface area (Å²) >= 11 is 0. The Morgan fingerprint density at radius 3 is 2.86 bits per heavy atom. The van der Waals surface area contributed by atoms with Crippen molar-refractivity contribution in [3.63, 3.8) is 0 Å². The molecule has 28 heavy (non-hydrogen) atoms. The molecule has 1 saturated heterocycles. The number of carbonyl (C=O) groups is 2. The normalized spacial score (nSPS) is 16.3. The van der Waals surface area contributed by atoms with Gasteiger partial charge in [-0.1, -0.05) is 30.3 Å². The summed E-state index contributed by atoms with van der Waals surface area (Å²) in [4.78, 5) is 34.2. The minimum atomic E-state index is -0.613. The summed E-state index contributed by atoms with van der Waals surface area (Å²) in [7, 11) is 0. The quantitative estimate of drug-likeness (QED) is 0.820. The lowest BCUT2D eigenvalue weighted by molar-refractivity contribution is -0.132. The highest BCUT2D eigenvalue weighted by atomic mass is 16.5. The first-order chi connectivity index (χ1) is 13.6. The van der Waals surface area contributed by atoms with Crippen LogP contribution in [0, 0.1) is 6.92 Å². The van der Waals surface area contributed by atoms with E-state index < -0.39 is 6.09 Å². The molecule has 1 aliphatic rings. The van der Waals surface area contributed by atoms with Crippen LogP contribution >= 0.6 is 0 Å². The molecule has 1 aromatic heterocycles. The maximum absolute atomic E-state index is 12.4. The standard InChI is InChI=1S/C20H24N4O4/c1-15-21-10-9-18(23-15)28-17-8-5-11-24(13-17)19(25)12-22-20(26)27-14-16-6-3-2-4-7-16/h2-4,6-7,9-10,17H,5,8,11-14H2,1H3,(H,22,26). The van der Waals surface area contributed by atoms with Gasteiger partial charge in [0.1, 0.15) is 25.1 Å². The van der Waals surface area contributed by atoms with Gasteiger partial charge in [0.25, 0.3) is 0 Å². The highest BCUT2D eigenvalue weighted by molar-refractivity contribution is 5.82. The number of alkyl carbamates (subject to hydrolysis) is 1. The number of carbonyl (C=O) groups excluding carboxylic acids is 2. The fraction of sp³-hybridized carbons (Fsp3) is 0.400. The van der Waals surface area contributed by atoms with Crippen molar-refractivity contribution in [2.45, 2.75) is 32.5 Å². The van der Waals surface area contributed by atoms with Gasteiger partial charge in [-0.15, -0.1) is 0 Å². The van der Waals surface area contributed by atoms with Crippen LogP contribution in [0.3, 0.4) is 0 Å². The van der Waals surface area contributed by atoms with Crippen molar-refractivity contribution in [3.05, 3.63) is 54.0 Å². The molecule has 1 aliphatic heterocycles. The minimum Gasteiger partial charge on any atom is -0.472 e. The Morgan fingerprint density at radius 1 is 1.25 bits per heavy atom. The number of ether oxygens (including phenoxy) is 2. The van der Waals surface area contributed by atoms with Crippen LogP contribution in [0.4, 0.5) is 4.79 Å². The first-order valence-electron chi connectivity index (χ1n) is 9.29. The molecule has 148 valence electrons. The number of aromatic nitrogens is 2. The summed E-state index contributed by atoms with van der Waals surface area (Å²) in [6.07, 6.45) is 2.59. The number of benzene rings is 1. The average molecular weight is 384 g/mol. The largest absolute Gasteiger partial charge is 0.472 e. The summed E-state index contributed by atoms with van der Waals surface area (Å²) in [6, 6.07) is 11.1.